The molecule has 1 aliphatic carbocycles. The monoisotopic (exact) mass is 324 g/mol. The van der Waals surface area contributed by atoms with Crippen LogP contribution in [-0.4, -0.2) is 38.9 Å². The number of fused-ring (bicyclic) bond motifs is 1. The Morgan fingerprint density at radius 1 is 1.21 bits per heavy atom. The highest BCUT2D eigenvalue weighted by molar-refractivity contribution is 5.96. The van der Waals surface area contributed by atoms with Crippen molar-refractivity contribution < 1.29 is 9.59 Å². The predicted octanol–water partition coefficient (Wildman–Crippen LogP) is 1.82. The molecule has 0 unspecified atom stereocenters. The van der Waals surface area contributed by atoms with Crippen LogP contribution in [0.2, 0.25) is 0 Å². The summed E-state index contributed by atoms with van der Waals surface area (Å²) in [7, 11) is 0. The number of carbonyl (C=O) groups is 2. The van der Waals surface area contributed by atoms with Crippen molar-refractivity contribution in [3.05, 3.63) is 53.6 Å². The van der Waals surface area contributed by atoms with Crippen LogP contribution in [0.1, 0.15) is 45.9 Å². The largest absolute Gasteiger partial charge is 0.348 e. The standard InChI is InChI=1S/C18H20N4O2/c23-17(19-14-7-4-8-14)15-12-21-9-10-22(18(24)16(21)20-15)11-13-5-2-1-3-6-13/h1-3,5-6,12,14H,4,7-11H2,(H,19,23). The van der Waals surface area contributed by atoms with Crippen LogP contribution in [-0.2, 0) is 13.1 Å². The molecular formula is C18H20N4O2. The Labute approximate surface area is 140 Å². The molecule has 0 atom stereocenters. The fourth-order valence-electron chi connectivity index (χ4n) is 3.10. The molecule has 0 spiro atoms. The Morgan fingerprint density at radius 2 is 2.00 bits per heavy atom. The second-order valence-corrected chi connectivity index (χ2v) is 6.46. The van der Waals surface area contributed by atoms with Gasteiger partial charge in [0.05, 0.1) is 0 Å². The molecule has 2 aliphatic rings. The van der Waals surface area contributed by atoms with Gasteiger partial charge < -0.3 is 14.8 Å². The van der Waals surface area contributed by atoms with E-state index >= 15 is 0 Å². The van der Waals surface area contributed by atoms with Crippen LogP contribution >= 0.6 is 0 Å². The highest BCUT2D eigenvalue weighted by Crippen LogP contribution is 2.19. The van der Waals surface area contributed by atoms with E-state index < -0.39 is 0 Å². The smallest absolute Gasteiger partial charge is 0.290 e. The number of benzene rings is 1. The number of imidazole rings is 1. The summed E-state index contributed by atoms with van der Waals surface area (Å²) < 4.78 is 1.79. The summed E-state index contributed by atoms with van der Waals surface area (Å²) in [4.78, 5) is 31.0. The molecule has 1 fully saturated rings. The molecule has 2 aromatic rings. The molecule has 1 aliphatic heterocycles. The third-order valence-electron chi connectivity index (χ3n) is 4.76. The van der Waals surface area contributed by atoms with Gasteiger partial charge in [0.2, 0.25) is 0 Å². The first-order valence-corrected chi connectivity index (χ1v) is 8.42. The molecular weight excluding hydrogens is 304 g/mol. The van der Waals surface area contributed by atoms with Crippen LogP contribution in [0.3, 0.4) is 0 Å². The maximum absolute atomic E-state index is 12.7. The van der Waals surface area contributed by atoms with Crippen molar-refractivity contribution in [2.24, 2.45) is 0 Å². The zero-order chi connectivity index (χ0) is 16.5. The zero-order valence-electron chi connectivity index (χ0n) is 13.4. The van der Waals surface area contributed by atoms with Crippen LogP contribution < -0.4 is 5.32 Å². The third-order valence-corrected chi connectivity index (χ3v) is 4.76. The Kier molecular flexibility index (Phi) is 3.80. The average molecular weight is 324 g/mol. The van der Waals surface area contributed by atoms with E-state index in [4.69, 9.17) is 0 Å². The fourth-order valence-corrected chi connectivity index (χ4v) is 3.10. The van der Waals surface area contributed by atoms with Gasteiger partial charge in [-0.1, -0.05) is 30.3 Å². The first-order chi connectivity index (χ1) is 11.7. The summed E-state index contributed by atoms with van der Waals surface area (Å²) in [6.07, 6.45) is 4.92. The van der Waals surface area contributed by atoms with Crippen LogP contribution in [0.15, 0.2) is 36.5 Å². The van der Waals surface area contributed by atoms with Gasteiger partial charge in [0, 0.05) is 31.9 Å². The van der Waals surface area contributed by atoms with E-state index in [9.17, 15) is 9.59 Å². The van der Waals surface area contributed by atoms with Crippen molar-refractivity contribution in [3.8, 4) is 0 Å². The molecule has 1 saturated carbocycles. The lowest BCUT2D eigenvalue weighted by Crippen LogP contribution is -2.40. The molecule has 0 saturated heterocycles. The number of hydrogen-bond acceptors (Lipinski definition) is 3. The van der Waals surface area contributed by atoms with Crippen molar-refractivity contribution in [1.29, 1.82) is 0 Å². The molecule has 1 aromatic carbocycles. The highest BCUT2D eigenvalue weighted by Gasteiger charge is 2.29. The van der Waals surface area contributed by atoms with Gasteiger partial charge in [-0.2, -0.15) is 0 Å². The van der Waals surface area contributed by atoms with Crippen molar-refractivity contribution >= 4 is 11.8 Å². The molecule has 0 bridgehead atoms. The van der Waals surface area contributed by atoms with Gasteiger partial charge >= 0.3 is 0 Å². The summed E-state index contributed by atoms with van der Waals surface area (Å²) in [6, 6.07) is 10.2. The molecule has 2 heterocycles. The SMILES string of the molecule is O=C(NC1CCC1)c1cn2c(n1)C(=O)N(Cc1ccccc1)CC2. The Balaban J connectivity index is 1.49. The van der Waals surface area contributed by atoms with Gasteiger partial charge in [0.15, 0.2) is 5.82 Å². The van der Waals surface area contributed by atoms with E-state index in [1.54, 1.807) is 15.7 Å². The number of amides is 2. The van der Waals surface area contributed by atoms with Gasteiger partial charge in [0.1, 0.15) is 5.69 Å². The van der Waals surface area contributed by atoms with Crippen molar-refractivity contribution in [2.75, 3.05) is 6.54 Å². The predicted molar refractivity (Wildman–Crippen MR) is 88.5 cm³/mol. The average Bonchev–Trinajstić information content (AvgIpc) is 3.00. The second-order valence-electron chi connectivity index (χ2n) is 6.46. The Bertz CT molecular complexity index is 765. The summed E-state index contributed by atoms with van der Waals surface area (Å²) in [6.45, 7) is 1.86. The molecule has 6 heteroatoms. The minimum Gasteiger partial charge on any atom is -0.348 e. The van der Waals surface area contributed by atoms with Gasteiger partial charge in [-0.05, 0) is 24.8 Å². The van der Waals surface area contributed by atoms with Gasteiger partial charge in [-0.25, -0.2) is 4.98 Å². The van der Waals surface area contributed by atoms with Crippen molar-refractivity contribution in [3.63, 3.8) is 0 Å². The lowest BCUT2D eigenvalue weighted by molar-refractivity contribution is 0.0683. The van der Waals surface area contributed by atoms with Gasteiger partial charge in [-0.15, -0.1) is 0 Å². The van der Waals surface area contributed by atoms with E-state index in [1.807, 2.05) is 30.3 Å². The number of nitrogens with one attached hydrogen (secondary N) is 1. The summed E-state index contributed by atoms with van der Waals surface area (Å²) in [5, 5.41) is 2.97. The minimum absolute atomic E-state index is 0.118. The molecule has 6 nitrogen and oxygen atoms in total. The summed E-state index contributed by atoms with van der Waals surface area (Å²) in [5.41, 5.74) is 1.43. The van der Waals surface area contributed by atoms with E-state index in [1.165, 1.54) is 0 Å². The normalized spacial score (nSPS) is 17.3. The number of aromatic nitrogens is 2. The zero-order valence-corrected chi connectivity index (χ0v) is 13.4. The lowest BCUT2D eigenvalue weighted by atomic mass is 9.93. The molecule has 1 aromatic heterocycles. The number of carbonyl (C=O) groups excluding carboxylic acids is 2. The van der Waals surface area contributed by atoms with Crippen LogP contribution in [0.25, 0.3) is 0 Å². The van der Waals surface area contributed by atoms with Crippen molar-refractivity contribution in [1.82, 2.24) is 19.8 Å². The molecule has 2 amide bonds. The lowest BCUT2D eigenvalue weighted by Gasteiger charge is -2.27. The van der Waals surface area contributed by atoms with E-state index in [0.29, 0.717) is 31.2 Å². The third kappa shape index (κ3) is 2.79. The number of hydrogen-bond donors (Lipinski definition) is 1. The quantitative estimate of drug-likeness (QED) is 0.933. The Hall–Kier alpha value is -2.63. The van der Waals surface area contributed by atoms with Gasteiger partial charge in [0.25, 0.3) is 11.8 Å². The molecule has 0 radical (unpaired) electrons. The van der Waals surface area contributed by atoms with E-state index in [2.05, 4.69) is 10.3 Å². The van der Waals surface area contributed by atoms with Crippen LogP contribution in [0.4, 0.5) is 0 Å². The summed E-state index contributed by atoms with van der Waals surface area (Å²) >= 11 is 0. The molecule has 1 N–H and O–H groups in total. The first-order valence-electron chi connectivity index (χ1n) is 8.42. The maximum Gasteiger partial charge on any atom is 0.290 e. The van der Waals surface area contributed by atoms with Gasteiger partial charge in [-0.3, -0.25) is 9.59 Å². The number of nitrogens with zero attached hydrogens (tertiary/aromatic N) is 3. The molecule has 124 valence electrons. The topological polar surface area (TPSA) is 67.2 Å². The second kappa shape index (κ2) is 6.11. The fraction of sp³-hybridized carbons (Fsp3) is 0.389. The van der Waals surface area contributed by atoms with Crippen LogP contribution in [0, 0.1) is 0 Å². The molecule has 4 rings (SSSR count). The highest BCUT2D eigenvalue weighted by atomic mass is 16.2. The Morgan fingerprint density at radius 3 is 2.71 bits per heavy atom. The molecule has 24 heavy (non-hydrogen) atoms. The van der Waals surface area contributed by atoms with E-state index in [-0.39, 0.29) is 17.9 Å². The first kappa shape index (κ1) is 14.9. The minimum atomic E-state index is -0.177. The van der Waals surface area contributed by atoms with Crippen LogP contribution in [0.5, 0.6) is 0 Å². The van der Waals surface area contributed by atoms with E-state index in [0.717, 1.165) is 24.8 Å². The number of rotatable bonds is 4. The maximum atomic E-state index is 12.7. The van der Waals surface area contributed by atoms with Crippen molar-refractivity contribution in [2.45, 2.75) is 38.4 Å². The summed E-state index contributed by atoms with van der Waals surface area (Å²) in [5.74, 6) is 0.0627.